The molecule has 2 saturated heterocycles. The van der Waals surface area contributed by atoms with Crippen molar-refractivity contribution >= 4 is 40.4 Å². The average molecular weight is 517 g/mol. The molecule has 2 aliphatic heterocycles. The van der Waals surface area contributed by atoms with Crippen LogP contribution in [0.3, 0.4) is 0 Å². The highest BCUT2D eigenvalue weighted by Gasteiger charge is 2.58. The fourth-order valence-corrected chi connectivity index (χ4v) is 7.07. The van der Waals surface area contributed by atoms with Crippen LogP contribution in [-0.2, 0) is 14.3 Å². The molecule has 0 unspecified atom stereocenters. The van der Waals surface area contributed by atoms with Gasteiger partial charge < -0.3 is 10.1 Å². The number of likely N-dealkylation sites (tertiary alicyclic amines) is 1. The number of fused-ring (bicyclic) bond motifs is 1. The maximum atomic E-state index is 13.7. The van der Waals surface area contributed by atoms with Gasteiger partial charge in [0.15, 0.2) is 11.6 Å². The van der Waals surface area contributed by atoms with E-state index in [-0.39, 0.29) is 42.1 Å². The van der Waals surface area contributed by atoms with Crippen LogP contribution in [0, 0.1) is 13.8 Å². The lowest BCUT2D eigenvalue weighted by Gasteiger charge is -2.45. The van der Waals surface area contributed by atoms with E-state index in [0.717, 1.165) is 41.1 Å². The second-order valence-corrected chi connectivity index (χ2v) is 11.3. The van der Waals surface area contributed by atoms with Crippen molar-refractivity contribution in [3.63, 3.8) is 0 Å². The standard InChI is InChI=1S/C25H29ClN4O4S/c1-14-10-16(15(2)29-28-14)19-6-7-20(35-19)24(33)27-11-21(32)25(8-4-3-5-9-25)30-12-17(26)23-22(30)18(31)13-34-23/h6-7,10,17,22-23H,3-5,8-9,11-13H2,1-2H3,(H,27,33)/t17-,22+,23+/m0/s1. The first-order valence-electron chi connectivity index (χ1n) is 12.1. The Hall–Kier alpha value is -2.20. The number of carbonyl (C=O) groups excluding carboxylic acids is 3. The minimum Gasteiger partial charge on any atom is -0.367 e. The van der Waals surface area contributed by atoms with Gasteiger partial charge in [-0.3, -0.25) is 19.3 Å². The molecule has 1 aliphatic carbocycles. The van der Waals surface area contributed by atoms with Gasteiger partial charge in [0, 0.05) is 17.0 Å². The van der Waals surface area contributed by atoms with E-state index in [4.69, 9.17) is 16.3 Å². The Morgan fingerprint density at radius 2 is 2.00 bits per heavy atom. The number of amides is 1. The Kier molecular flexibility index (Phi) is 6.78. The molecule has 5 rings (SSSR count). The minimum absolute atomic E-state index is 0.0119. The molecule has 3 aliphatic rings. The fourth-order valence-electron chi connectivity index (χ4n) is 5.72. The van der Waals surface area contributed by atoms with Crippen LogP contribution in [0.15, 0.2) is 18.2 Å². The number of ketones is 2. The average Bonchev–Trinajstić information content (AvgIpc) is 3.57. The summed E-state index contributed by atoms with van der Waals surface area (Å²) in [5.74, 6) is -0.356. The van der Waals surface area contributed by atoms with Crippen molar-refractivity contribution < 1.29 is 19.1 Å². The maximum absolute atomic E-state index is 13.7. The predicted octanol–water partition coefficient (Wildman–Crippen LogP) is 3.08. The molecule has 35 heavy (non-hydrogen) atoms. The summed E-state index contributed by atoms with van der Waals surface area (Å²) < 4.78 is 5.65. The number of aryl methyl sites for hydroxylation is 2. The first kappa shape index (κ1) is 24.5. The number of hydrogen-bond acceptors (Lipinski definition) is 8. The largest absolute Gasteiger partial charge is 0.367 e. The van der Waals surface area contributed by atoms with Gasteiger partial charge in [-0.05, 0) is 44.9 Å². The molecular formula is C25H29ClN4O4S. The van der Waals surface area contributed by atoms with Gasteiger partial charge in [0.1, 0.15) is 12.6 Å². The molecule has 0 bridgehead atoms. The van der Waals surface area contributed by atoms with Crippen LogP contribution in [0.25, 0.3) is 10.4 Å². The number of nitrogens with one attached hydrogen (secondary N) is 1. The number of halogens is 1. The first-order chi connectivity index (χ1) is 16.8. The number of rotatable bonds is 6. The lowest BCUT2D eigenvalue weighted by atomic mass is 9.76. The van der Waals surface area contributed by atoms with E-state index < -0.39 is 11.6 Å². The second kappa shape index (κ2) is 9.69. The Morgan fingerprint density at radius 3 is 2.77 bits per heavy atom. The quantitative estimate of drug-likeness (QED) is 0.589. The third kappa shape index (κ3) is 4.43. The number of thiophene rings is 1. The van der Waals surface area contributed by atoms with Crippen molar-refractivity contribution in [1.82, 2.24) is 20.4 Å². The van der Waals surface area contributed by atoms with E-state index >= 15 is 0 Å². The summed E-state index contributed by atoms with van der Waals surface area (Å²) in [6.45, 7) is 4.16. The minimum atomic E-state index is -0.792. The summed E-state index contributed by atoms with van der Waals surface area (Å²) in [5, 5.41) is 10.7. The van der Waals surface area contributed by atoms with E-state index in [1.807, 2.05) is 30.9 Å². The van der Waals surface area contributed by atoms with Gasteiger partial charge in [0.2, 0.25) is 0 Å². The summed E-state index contributed by atoms with van der Waals surface area (Å²) in [4.78, 5) is 42.7. The molecule has 186 valence electrons. The van der Waals surface area contributed by atoms with Crippen LogP contribution in [0.5, 0.6) is 0 Å². The number of carbonyl (C=O) groups is 3. The molecule has 1 saturated carbocycles. The highest BCUT2D eigenvalue weighted by Crippen LogP contribution is 2.42. The fraction of sp³-hybridized carbons (Fsp3) is 0.560. The molecule has 3 atom stereocenters. The summed E-state index contributed by atoms with van der Waals surface area (Å²) in [6, 6.07) is 5.14. The summed E-state index contributed by atoms with van der Waals surface area (Å²) >= 11 is 7.90. The van der Waals surface area contributed by atoms with Gasteiger partial charge in [-0.2, -0.15) is 10.2 Å². The van der Waals surface area contributed by atoms with E-state index in [1.54, 1.807) is 6.07 Å². The third-order valence-corrected chi connectivity index (χ3v) is 8.98. The van der Waals surface area contributed by atoms with Gasteiger partial charge >= 0.3 is 0 Å². The Balaban J connectivity index is 1.31. The predicted molar refractivity (Wildman–Crippen MR) is 133 cm³/mol. The van der Waals surface area contributed by atoms with E-state index in [9.17, 15) is 14.4 Å². The van der Waals surface area contributed by atoms with Crippen LogP contribution in [0.1, 0.15) is 53.2 Å². The molecule has 0 radical (unpaired) electrons. The Labute approximate surface area is 213 Å². The number of aromatic nitrogens is 2. The molecule has 1 N–H and O–H groups in total. The molecule has 2 aromatic heterocycles. The summed E-state index contributed by atoms with van der Waals surface area (Å²) in [5.41, 5.74) is 1.76. The number of ether oxygens (including phenoxy) is 1. The molecule has 0 aromatic carbocycles. The first-order valence-corrected chi connectivity index (χ1v) is 13.3. The van der Waals surface area contributed by atoms with Crippen LogP contribution >= 0.6 is 22.9 Å². The zero-order chi connectivity index (χ0) is 24.7. The van der Waals surface area contributed by atoms with E-state index in [2.05, 4.69) is 15.5 Å². The molecule has 0 spiro atoms. The molecule has 4 heterocycles. The van der Waals surface area contributed by atoms with Crippen molar-refractivity contribution in [2.75, 3.05) is 19.7 Å². The van der Waals surface area contributed by atoms with Gasteiger partial charge in [-0.15, -0.1) is 22.9 Å². The van der Waals surface area contributed by atoms with Crippen LogP contribution in [0.4, 0.5) is 0 Å². The zero-order valence-electron chi connectivity index (χ0n) is 19.9. The van der Waals surface area contributed by atoms with Gasteiger partial charge in [-0.25, -0.2) is 0 Å². The summed E-state index contributed by atoms with van der Waals surface area (Å²) in [6.07, 6.45) is 3.83. The van der Waals surface area contributed by atoms with Crippen LogP contribution in [0.2, 0.25) is 0 Å². The third-order valence-electron chi connectivity index (χ3n) is 7.48. The van der Waals surface area contributed by atoms with Gasteiger partial charge in [-0.1, -0.05) is 19.3 Å². The van der Waals surface area contributed by atoms with Gasteiger partial charge in [0.25, 0.3) is 5.91 Å². The molecule has 1 amide bonds. The SMILES string of the molecule is Cc1cc(-c2ccc(C(=O)NCC(=O)C3(N4C[C@H](Cl)[C@H]5OCC(=O)[C@H]54)CCCCC3)s2)c(C)nn1. The topological polar surface area (TPSA) is 101 Å². The van der Waals surface area contributed by atoms with Crippen molar-refractivity contribution in [2.45, 2.75) is 69.0 Å². The van der Waals surface area contributed by atoms with Gasteiger partial charge in [0.05, 0.1) is 39.8 Å². The number of alkyl halides is 1. The second-order valence-electron chi connectivity index (χ2n) is 9.70. The number of Topliss-reactive ketones (excluding diaryl/α,β-unsaturated/α-hetero) is 2. The number of nitrogens with zero attached hydrogens (tertiary/aromatic N) is 3. The monoisotopic (exact) mass is 516 g/mol. The maximum Gasteiger partial charge on any atom is 0.261 e. The molecule has 8 nitrogen and oxygen atoms in total. The Morgan fingerprint density at radius 1 is 1.23 bits per heavy atom. The highest BCUT2D eigenvalue weighted by molar-refractivity contribution is 7.17. The van der Waals surface area contributed by atoms with Crippen molar-refractivity contribution in [2.24, 2.45) is 0 Å². The van der Waals surface area contributed by atoms with Crippen molar-refractivity contribution in [3.8, 4) is 10.4 Å². The lowest BCUT2D eigenvalue weighted by Crippen LogP contribution is -2.61. The molecular weight excluding hydrogens is 488 g/mol. The normalized spacial score (nSPS) is 26.0. The Bertz CT molecular complexity index is 1160. The lowest BCUT2D eigenvalue weighted by molar-refractivity contribution is -0.136. The summed E-state index contributed by atoms with van der Waals surface area (Å²) in [7, 11) is 0. The zero-order valence-corrected chi connectivity index (χ0v) is 21.5. The van der Waals surface area contributed by atoms with Crippen LogP contribution in [-0.4, -0.2) is 75.3 Å². The van der Waals surface area contributed by atoms with E-state index in [0.29, 0.717) is 24.3 Å². The molecule has 10 heteroatoms. The van der Waals surface area contributed by atoms with Crippen molar-refractivity contribution in [3.05, 3.63) is 34.5 Å². The molecule has 2 aromatic rings. The number of hydrogen-bond donors (Lipinski definition) is 1. The highest BCUT2D eigenvalue weighted by atomic mass is 35.5. The molecule has 3 fully saturated rings. The van der Waals surface area contributed by atoms with Crippen LogP contribution < -0.4 is 5.32 Å². The smallest absolute Gasteiger partial charge is 0.261 e. The van der Waals surface area contributed by atoms with E-state index in [1.165, 1.54) is 11.3 Å². The van der Waals surface area contributed by atoms with Crippen molar-refractivity contribution in [1.29, 1.82) is 0 Å².